The zero-order chi connectivity index (χ0) is 17.8. The average molecular weight is 368 g/mol. The van der Waals surface area contributed by atoms with Gasteiger partial charge in [0, 0.05) is 13.3 Å². The van der Waals surface area contributed by atoms with Gasteiger partial charge in [0.2, 0.25) is 0 Å². The molecule has 6 nitrogen and oxygen atoms in total. The van der Waals surface area contributed by atoms with E-state index in [2.05, 4.69) is 10.6 Å². The normalized spacial score (nSPS) is 26.5. The zero-order valence-corrected chi connectivity index (χ0v) is 15.4. The van der Waals surface area contributed by atoms with Crippen LogP contribution in [0.15, 0.2) is 30.3 Å². The molecule has 0 radical (unpaired) electrons. The van der Waals surface area contributed by atoms with E-state index < -0.39 is 15.7 Å². The highest BCUT2D eigenvalue weighted by Crippen LogP contribution is 2.33. The first kappa shape index (κ1) is 18.7. The number of carbonyl (C=O) groups excluding carboxylic acids is 3. The molecule has 0 aliphatic carbocycles. The maximum absolute atomic E-state index is 12.8. The Morgan fingerprint density at radius 2 is 1.58 bits per heavy atom. The quantitative estimate of drug-likeness (QED) is 0.733. The van der Waals surface area contributed by atoms with Crippen molar-refractivity contribution >= 4 is 41.3 Å². The lowest BCUT2D eigenvalue weighted by Gasteiger charge is -2.44. The first-order chi connectivity index (χ1) is 11.4. The first-order valence-corrected chi connectivity index (χ1v) is 9.75. The Balaban J connectivity index is 2.25. The van der Waals surface area contributed by atoms with Crippen molar-refractivity contribution < 1.29 is 19.1 Å². The van der Waals surface area contributed by atoms with Crippen LogP contribution in [0.3, 0.4) is 0 Å². The summed E-state index contributed by atoms with van der Waals surface area (Å²) in [5.74, 6) is -1.18. The van der Waals surface area contributed by atoms with E-state index in [1.807, 2.05) is 30.3 Å². The molecule has 1 heterocycles. The van der Waals surface area contributed by atoms with E-state index in [0.29, 0.717) is 6.42 Å². The van der Waals surface area contributed by atoms with Crippen LogP contribution in [0.5, 0.6) is 0 Å². The molecule has 0 aromatic heterocycles. The molecule has 8 heteroatoms. The van der Waals surface area contributed by atoms with Gasteiger partial charge in [0.25, 0.3) is 11.8 Å². The molecule has 1 fully saturated rings. The molecule has 130 valence electrons. The van der Waals surface area contributed by atoms with Crippen LogP contribution < -0.4 is 10.6 Å². The van der Waals surface area contributed by atoms with Crippen molar-refractivity contribution in [3.05, 3.63) is 35.9 Å². The van der Waals surface area contributed by atoms with E-state index in [0.717, 1.165) is 17.3 Å². The van der Waals surface area contributed by atoms with E-state index in [1.54, 1.807) is 12.5 Å². The van der Waals surface area contributed by atoms with Crippen LogP contribution in [0.4, 0.5) is 0 Å². The second kappa shape index (κ2) is 7.48. The van der Waals surface area contributed by atoms with E-state index in [1.165, 1.54) is 18.7 Å². The fraction of sp³-hybridized carbons (Fsp3) is 0.438. The van der Waals surface area contributed by atoms with Crippen molar-refractivity contribution in [2.45, 2.75) is 23.1 Å². The van der Waals surface area contributed by atoms with E-state index in [-0.39, 0.29) is 18.4 Å². The molecule has 1 aromatic carbocycles. The number of hydrogen-bond acceptors (Lipinski definition) is 6. The van der Waals surface area contributed by atoms with Crippen LogP contribution in [0.2, 0.25) is 0 Å². The summed E-state index contributed by atoms with van der Waals surface area (Å²) in [6.45, 7) is 1.05. The van der Waals surface area contributed by atoms with Crippen molar-refractivity contribution in [3.8, 4) is 0 Å². The highest BCUT2D eigenvalue weighted by Gasteiger charge is 2.54. The van der Waals surface area contributed by atoms with Crippen LogP contribution in [-0.2, 0) is 25.5 Å². The molecular weight excluding hydrogens is 348 g/mol. The topological polar surface area (TPSA) is 84.5 Å². The number of nitrogens with one attached hydrogen (secondary N) is 2. The van der Waals surface area contributed by atoms with Crippen molar-refractivity contribution in [2.24, 2.45) is 0 Å². The Morgan fingerprint density at radius 3 is 2.12 bits per heavy atom. The van der Waals surface area contributed by atoms with Crippen molar-refractivity contribution in [1.82, 2.24) is 10.6 Å². The van der Waals surface area contributed by atoms with E-state index in [4.69, 9.17) is 4.74 Å². The second-order valence-electron chi connectivity index (χ2n) is 5.41. The monoisotopic (exact) mass is 368 g/mol. The van der Waals surface area contributed by atoms with Gasteiger partial charge in [-0.15, -0.1) is 23.5 Å². The third kappa shape index (κ3) is 3.70. The molecule has 2 atom stereocenters. The molecule has 0 bridgehead atoms. The predicted octanol–water partition coefficient (Wildman–Crippen LogP) is 1.16. The molecule has 24 heavy (non-hydrogen) atoms. The van der Waals surface area contributed by atoms with Crippen LogP contribution in [0.25, 0.3) is 0 Å². The molecule has 1 aromatic rings. The highest BCUT2D eigenvalue weighted by atomic mass is 32.2. The van der Waals surface area contributed by atoms with Crippen molar-refractivity contribution in [1.29, 1.82) is 0 Å². The number of esters is 1. The van der Waals surface area contributed by atoms with Gasteiger partial charge in [-0.05, 0) is 18.1 Å². The minimum atomic E-state index is -1.31. The lowest BCUT2D eigenvalue weighted by Crippen LogP contribution is -2.74. The molecule has 1 aliphatic heterocycles. The lowest BCUT2D eigenvalue weighted by atomic mass is 10.0. The van der Waals surface area contributed by atoms with Gasteiger partial charge in [-0.25, -0.2) is 0 Å². The number of benzene rings is 1. The first-order valence-electron chi connectivity index (χ1n) is 7.30. The molecule has 2 rings (SSSR count). The van der Waals surface area contributed by atoms with Gasteiger partial charge in [-0.3, -0.25) is 14.4 Å². The Bertz CT molecular complexity index is 640. The smallest absolute Gasteiger partial charge is 0.302 e. The summed E-state index contributed by atoms with van der Waals surface area (Å²) < 4.78 is 4.97. The van der Waals surface area contributed by atoms with Gasteiger partial charge in [-0.1, -0.05) is 30.3 Å². The fourth-order valence-corrected chi connectivity index (χ4v) is 3.76. The Labute approximate surface area is 149 Å². The standard InChI is InChI=1S/C16H20N2O4S2/c1-11(19)22-10-16(24-3)14(21)17-15(23-2,13(20)18-16)9-12-7-5-4-6-8-12/h4-8H,9-10H2,1-3H3,(H,17,21)(H,18,20). The molecule has 2 N–H and O–H groups in total. The van der Waals surface area contributed by atoms with Crippen LogP contribution in [0.1, 0.15) is 12.5 Å². The lowest BCUT2D eigenvalue weighted by molar-refractivity contribution is -0.148. The number of ether oxygens (including phenoxy) is 1. The van der Waals surface area contributed by atoms with Crippen LogP contribution >= 0.6 is 23.5 Å². The molecule has 1 saturated heterocycles. The highest BCUT2D eigenvalue weighted by molar-refractivity contribution is 8.01. The fourth-order valence-electron chi connectivity index (χ4n) is 2.41. The number of piperazine rings is 1. The van der Waals surface area contributed by atoms with Crippen molar-refractivity contribution in [3.63, 3.8) is 0 Å². The van der Waals surface area contributed by atoms with Crippen LogP contribution in [0, 0.1) is 0 Å². The Morgan fingerprint density at radius 1 is 1.04 bits per heavy atom. The SMILES string of the molecule is CSC1(COC(C)=O)NC(=O)C(Cc2ccccc2)(SC)NC1=O. The van der Waals surface area contributed by atoms with Gasteiger partial charge in [0.1, 0.15) is 6.61 Å². The number of amides is 2. The number of rotatable bonds is 6. The van der Waals surface area contributed by atoms with Gasteiger partial charge in [-0.2, -0.15) is 0 Å². The van der Waals surface area contributed by atoms with E-state index >= 15 is 0 Å². The van der Waals surface area contributed by atoms with Crippen molar-refractivity contribution in [2.75, 3.05) is 19.1 Å². The number of carbonyl (C=O) groups is 3. The maximum atomic E-state index is 12.8. The minimum absolute atomic E-state index is 0.211. The van der Waals surface area contributed by atoms with E-state index in [9.17, 15) is 14.4 Å². The zero-order valence-electron chi connectivity index (χ0n) is 13.8. The summed E-state index contributed by atoms with van der Waals surface area (Å²) in [5.41, 5.74) is 0.943. The molecule has 0 saturated carbocycles. The van der Waals surface area contributed by atoms with Gasteiger partial charge < -0.3 is 15.4 Å². The summed E-state index contributed by atoms with van der Waals surface area (Å²) in [5, 5.41) is 5.60. The number of thioether (sulfide) groups is 2. The summed E-state index contributed by atoms with van der Waals surface area (Å²) in [6.07, 6.45) is 3.83. The third-order valence-electron chi connectivity index (χ3n) is 3.84. The summed E-state index contributed by atoms with van der Waals surface area (Å²) in [7, 11) is 0. The molecule has 2 amide bonds. The summed E-state index contributed by atoms with van der Waals surface area (Å²) in [4.78, 5) is 34.2. The number of hydrogen-bond donors (Lipinski definition) is 2. The van der Waals surface area contributed by atoms with Crippen LogP contribution in [-0.4, -0.2) is 46.6 Å². The summed E-state index contributed by atoms with van der Waals surface area (Å²) in [6, 6.07) is 9.49. The Kier molecular flexibility index (Phi) is 5.82. The average Bonchev–Trinajstić information content (AvgIpc) is 2.57. The van der Waals surface area contributed by atoms with Gasteiger partial charge in [0.15, 0.2) is 9.74 Å². The van der Waals surface area contributed by atoms with Gasteiger partial charge in [0.05, 0.1) is 0 Å². The molecule has 2 unspecified atom stereocenters. The minimum Gasteiger partial charge on any atom is -0.462 e. The molecule has 1 aliphatic rings. The Hall–Kier alpha value is -1.67. The third-order valence-corrected chi connectivity index (χ3v) is 6.07. The second-order valence-corrected chi connectivity index (χ2v) is 7.62. The summed E-state index contributed by atoms with van der Waals surface area (Å²) >= 11 is 2.41. The largest absolute Gasteiger partial charge is 0.462 e. The molecule has 0 spiro atoms. The predicted molar refractivity (Wildman–Crippen MR) is 95.6 cm³/mol. The van der Waals surface area contributed by atoms with Gasteiger partial charge >= 0.3 is 5.97 Å². The maximum Gasteiger partial charge on any atom is 0.302 e. The molecular formula is C16H20N2O4S2.